The van der Waals surface area contributed by atoms with Crippen molar-refractivity contribution in [1.29, 1.82) is 0 Å². The van der Waals surface area contributed by atoms with Gasteiger partial charge in [-0.2, -0.15) is 0 Å². The minimum atomic E-state index is 0.726. The van der Waals surface area contributed by atoms with Crippen LogP contribution in [0.15, 0.2) is 12.7 Å². The van der Waals surface area contributed by atoms with Gasteiger partial charge in [0.1, 0.15) is 0 Å². The quantitative estimate of drug-likeness (QED) is 0.486. The molecule has 1 aliphatic heterocycles. The van der Waals surface area contributed by atoms with Crippen LogP contribution >= 0.6 is 0 Å². The van der Waals surface area contributed by atoms with Gasteiger partial charge in [0.05, 0.1) is 6.61 Å². The van der Waals surface area contributed by atoms with E-state index in [1.165, 1.54) is 12.8 Å². The first-order chi connectivity index (χ1) is 5.43. The molecule has 0 spiro atoms. The smallest absolute Gasteiger partial charge is 0.0506 e. The van der Waals surface area contributed by atoms with Crippen LogP contribution in [0, 0.1) is 5.92 Å². The van der Waals surface area contributed by atoms with Crippen LogP contribution in [-0.4, -0.2) is 26.3 Å². The highest BCUT2D eigenvalue weighted by Gasteiger charge is 2.12. The lowest BCUT2D eigenvalue weighted by molar-refractivity contribution is 0.0552. The molecular formula is C9H17NO. The van der Waals surface area contributed by atoms with Gasteiger partial charge in [0, 0.05) is 19.7 Å². The van der Waals surface area contributed by atoms with Crippen molar-refractivity contribution in [3.05, 3.63) is 12.7 Å². The fourth-order valence-electron chi connectivity index (χ4n) is 1.36. The highest BCUT2D eigenvalue weighted by Crippen LogP contribution is 2.11. The summed E-state index contributed by atoms with van der Waals surface area (Å²) in [6.45, 7) is 7.53. The van der Waals surface area contributed by atoms with Gasteiger partial charge in [0.2, 0.25) is 0 Å². The van der Waals surface area contributed by atoms with Crippen molar-refractivity contribution < 1.29 is 4.74 Å². The summed E-state index contributed by atoms with van der Waals surface area (Å²) >= 11 is 0. The summed E-state index contributed by atoms with van der Waals surface area (Å²) in [4.78, 5) is 0. The van der Waals surface area contributed by atoms with Crippen molar-refractivity contribution in [3.8, 4) is 0 Å². The van der Waals surface area contributed by atoms with E-state index < -0.39 is 0 Å². The average molecular weight is 155 g/mol. The Kier molecular flexibility index (Phi) is 4.24. The van der Waals surface area contributed by atoms with E-state index >= 15 is 0 Å². The minimum absolute atomic E-state index is 0.726. The second-order valence-corrected chi connectivity index (χ2v) is 3.03. The molecule has 0 amide bonds. The molecule has 2 nitrogen and oxygen atoms in total. The molecule has 0 aliphatic carbocycles. The summed E-state index contributed by atoms with van der Waals surface area (Å²) in [5.74, 6) is 0.726. The Morgan fingerprint density at radius 1 is 1.64 bits per heavy atom. The molecule has 0 radical (unpaired) electrons. The largest absolute Gasteiger partial charge is 0.381 e. The summed E-state index contributed by atoms with van der Waals surface area (Å²) < 4.78 is 5.35. The molecule has 1 heterocycles. The molecule has 1 rings (SSSR count). The van der Waals surface area contributed by atoms with Crippen molar-refractivity contribution in [1.82, 2.24) is 5.32 Å². The lowest BCUT2D eigenvalue weighted by Gasteiger charge is -2.21. The fourth-order valence-corrected chi connectivity index (χ4v) is 1.36. The highest BCUT2D eigenvalue weighted by atomic mass is 16.5. The topological polar surface area (TPSA) is 21.3 Å². The molecule has 0 aromatic heterocycles. The number of hydrogen-bond donors (Lipinski definition) is 1. The maximum Gasteiger partial charge on any atom is 0.0506 e. The van der Waals surface area contributed by atoms with Gasteiger partial charge in [-0.3, -0.25) is 0 Å². The van der Waals surface area contributed by atoms with E-state index in [1.807, 2.05) is 6.08 Å². The second-order valence-electron chi connectivity index (χ2n) is 3.03. The molecule has 0 bridgehead atoms. The van der Waals surface area contributed by atoms with E-state index in [-0.39, 0.29) is 0 Å². The molecule has 1 fully saturated rings. The second kappa shape index (κ2) is 5.33. The zero-order chi connectivity index (χ0) is 7.94. The average Bonchev–Trinajstić information content (AvgIpc) is 2.07. The van der Waals surface area contributed by atoms with Crippen LogP contribution in [0.25, 0.3) is 0 Å². The summed E-state index contributed by atoms with van der Waals surface area (Å²) in [5, 5.41) is 3.31. The molecule has 2 heteroatoms. The van der Waals surface area contributed by atoms with Crippen molar-refractivity contribution in [2.24, 2.45) is 5.92 Å². The van der Waals surface area contributed by atoms with Crippen LogP contribution in [0.4, 0.5) is 0 Å². The highest BCUT2D eigenvalue weighted by molar-refractivity contribution is 4.72. The number of nitrogens with one attached hydrogen (secondary N) is 1. The van der Waals surface area contributed by atoms with E-state index in [0.717, 1.165) is 32.2 Å². The normalized spacial score (nSPS) is 24.9. The Hall–Kier alpha value is -0.340. The van der Waals surface area contributed by atoms with Crippen LogP contribution in [0.1, 0.15) is 12.8 Å². The SMILES string of the molecule is C=CCNCC1CCCOC1. The standard InChI is InChI=1S/C9H17NO/c1-2-5-10-7-9-4-3-6-11-8-9/h2,9-10H,1,3-8H2. The Bertz CT molecular complexity index is 108. The Labute approximate surface area is 68.6 Å². The number of ether oxygens (including phenoxy) is 1. The molecule has 64 valence electrons. The predicted octanol–water partition coefficient (Wildman–Crippen LogP) is 1.19. The molecular weight excluding hydrogens is 138 g/mol. The third kappa shape index (κ3) is 3.54. The van der Waals surface area contributed by atoms with Crippen LogP contribution in [0.3, 0.4) is 0 Å². The lowest BCUT2D eigenvalue weighted by Crippen LogP contribution is -2.29. The Balaban J connectivity index is 2.00. The Morgan fingerprint density at radius 3 is 3.18 bits per heavy atom. The van der Waals surface area contributed by atoms with Crippen molar-refractivity contribution in [3.63, 3.8) is 0 Å². The van der Waals surface area contributed by atoms with Crippen LogP contribution in [0.2, 0.25) is 0 Å². The van der Waals surface area contributed by atoms with E-state index in [1.54, 1.807) is 0 Å². The summed E-state index contributed by atoms with van der Waals surface area (Å²) in [5.41, 5.74) is 0. The van der Waals surface area contributed by atoms with Gasteiger partial charge in [-0.05, 0) is 18.8 Å². The minimum Gasteiger partial charge on any atom is -0.381 e. The zero-order valence-electron chi connectivity index (χ0n) is 7.01. The zero-order valence-corrected chi connectivity index (χ0v) is 7.01. The van der Waals surface area contributed by atoms with Crippen LogP contribution < -0.4 is 5.32 Å². The first-order valence-electron chi connectivity index (χ1n) is 4.33. The first-order valence-corrected chi connectivity index (χ1v) is 4.33. The van der Waals surface area contributed by atoms with Gasteiger partial charge in [-0.25, -0.2) is 0 Å². The van der Waals surface area contributed by atoms with Gasteiger partial charge in [-0.15, -0.1) is 6.58 Å². The maximum absolute atomic E-state index is 5.35. The van der Waals surface area contributed by atoms with Gasteiger partial charge >= 0.3 is 0 Å². The Morgan fingerprint density at radius 2 is 2.55 bits per heavy atom. The van der Waals surface area contributed by atoms with Gasteiger partial charge in [0.25, 0.3) is 0 Å². The molecule has 11 heavy (non-hydrogen) atoms. The molecule has 0 aromatic rings. The van der Waals surface area contributed by atoms with Gasteiger partial charge in [0.15, 0.2) is 0 Å². The first kappa shape index (κ1) is 8.75. The summed E-state index contributed by atoms with van der Waals surface area (Å²) in [6.07, 6.45) is 4.42. The van der Waals surface area contributed by atoms with Gasteiger partial charge in [-0.1, -0.05) is 6.08 Å². The van der Waals surface area contributed by atoms with Crippen molar-refractivity contribution >= 4 is 0 Å². The maximum atomic E-state index is 5.35. The van der Waals surface area contributed by atoms with E-state index in [0.29, 0.717) is 0 Å². The third-order valence-electron chi connectivity index (χ3n) is 1.98. The number of hydrogen-bond acceptors (Lipinski definition) is 2. The fraction of sp³-hybridized carbons (Fsp3) is 0.778. The number of rotatable bonds is 4. The molecule has 1 aliphatic rings. The van der Waals surface area contributed by atoms with E-state index in [9.17, 15) is 0 Å². The molecule has 0 saturated carbocycles. The van der Waals surface area contributed by atoms with Crippen molar-refractivity contribution in [2.75, 3.05) is 26.3 Å². The summed E-state index contributed by atoms with van der Waals surface area (Å²) in [6, 6.07) is 0. The third-order valence-corrected chi connectivity index (χ3v) is 1.98. The predicted molar refractivity (Wildman–Crippen MR) is 46.6 cm³/mol. The van der Waals surface area contributed by atoms with Crippen LogP contribution in [0.5, 0.6) is 0 Å². The molecule has 1 atom stereocenters. The van der Waals surface area contributed by atoms with E-state index in [4.69, 9.17) is 4.74 Å². The van der Waals surface area contributed by atoms with Gasteiger partial charge < -0.3 is 10.1 Å². The molecule has 0 aromatic carbocycles. The molecule has 1 saturated heterocycles. The monoisotopic (exact) mass is 155 g/mol. The molecule has 1 N–H and O–H groups in total. The summed E-state index contributed by atoms with van der Waals surface area (Å²) in [7, 11) is 0. The van der Waals surface area contributed by atoms with E-state index in [2.05, 4.69) is 11.9 Å². The van der Waals surface area contributed by atoms with Crippen molar-refractivity contribution in [2.45, 2.75) is 12.8 Å². The van der Waals surface area contributed by atoms with Crippen LogP contribution in [-0.2, 0) is 4.74 Å². The molecule has 1 unspecified atom stereocenters. The lowest BCUT2D eigenvalue weighted by atomic mass is 10.0.